The average molecular weight is 364 g/mol. The molecule has 24 heavy (non-hydrogen) atoms. The maximum absolute atomic E-state index is 12.6. The molecule has 1 heterocycles. The highest BCUT2D eigenvalue weighted by molar-refractivity contribution is 6.68. The first-order valence-corrected chi connectivity index (χ1v) is 8.44. The van der Waals surface area contributed by atoms with Crippen LogP contribution in [0.2, 0.25) is 5.02 Å². The van der Waals surface area contributed by atoms with E-state index in [0.29, 0.717) is 45.8 Å². The van der Waals surface area contributed by atoms with Crippen LogP contribution in [-0.4, -0.2) is 17.1 Å². The summed E-state index contributed by atoms with van der Waals surface area (Å²) in [5.74, 6) is -0.505. The maximum atomic E-state index is 12.6. The smallest absolute Gasteiger partial charge is 0.261 e. The Labute approximate surface area is 149 Å². The number of halogens is 2. The van der Waals surface area contributed by atoms with Crippen LogP contribution >= 0.6 is 23.2 Å². The molecule has 3 rings (SSSR count). The number of benzene rings is 1. The van der Waals surface area contributed by atoms with Gasteiger partial charge in [0.05, 0.1) is 5.69 Å². The Morgan fingerprint density at radius 1 is 1.12 bits per heavy atom. The number of carbonyl (C=O) groups is 3. The summed E-state index contributed by atoms with van der Waals surface area (Å²) in [4.78, 5) is 37.6. The standard InChI is InChI=1S/C18H15Cl2NO3/c1-10(16(20)22)8-11-9-12(6-7-15(11)19)21-17(23)13-4-2-3-5-14(13)18(21)24/h6-9H,2-5H2,1H3/b10-8+. The van der Waals surface area contributed by atoms with Crippen LogP contribution in [0.1, 0.15) is 38.2 Å². The molecule has 0 bridgehead atoms. The second-order valence-electron chi connectivity index (χ2n) is 5.92. The fourth-order valence-electron chi connectivity index (χ4n) is 3.04. The third-order valence-corrected chi connectivity index (χ3v) is 4.95. The highest BCUT2D eigenvalue weighted by Crippen LogP contribution is 2.36. The molecule has 6 heteroatoms. The van der Waals surface area contributed by atoms with Crippen LogP contribution in [-0.2, 0) is 14.4 Å². The van der Waals surface area contributed by atoms with Gasteiger partial charge in [0.2, 0.25) is 5.24 Å². The summed E-state index contributed by atoms with van der Waals surface area (Å²) in [6.45, 7) is 1.57. The molecule has 0 saturated carbocycles. The highest BCUT2D eigenvalue weighted by Gasteiger charge is 2.39. The highest BCUT2D eigenvalue weighted by atomic mass is 35.5. The van der Waals surface area contributed by atoms with Crippen molar-refractivity contribution in [3.8, 4) is 0 Å². The Hall–Kier alpha value is -1.91. The molecule has 0 saturated heterocycles. The first-order chi connectivity index (χ1) is 11.4. The molecule has 0 N–H and O–H groups in total. The van der Waals surface area contributed by atoms with E-state index < -0.39 is 5.24 Å². The third kappa shape index (κ3) is 2.92. The van der Waals surface area contributed by atoms with E-state index in [2.05, 4.69) is 0 Å². The van der Waals surface area contributed by atoms with Crippen molar-refractivity contribution in [2.24, 2.45) is 0 Å². The average Bonchev–Trinajstić information content (AvgIpc) is 2.81. The van der Waals surface area contributed by atoms with Gasteiger partial charge in [-0.15, -0.1) is 0 Å². The molecular formula is C18H15Cl2NO3. The zero-order chi connectivity index (χ0) is 17.4. The second-order valence-corrected chi connectivity index (χ2v) is 6.67. The minimum atomic E-state index is -0.582. The Kier molecular flexibility index (Phi) is 4.61. The molecule has 0 unspecified atom stereocenters. The molecule has 1 aromatic rings. The van der Waals surface area contributed by atoms with Gasteiger partial charge in [0.15, 0.2) is 0 Å². The van der Waals surface area contributed by atoms with Gasteiger partial charge in [-0.25, -0.2) is 4.90 Å². The molecular weight excluding hydrogens is 349 g/mol. The summed E-state index contributed by atoms with van der Waals surface area (Å²) in [6.07, 6.45) is 4.70. The van der Waals surface area contributed by atoms with Gasteiger partial charge >= 0.3 is 0 Å². The quantitative estimate of drug-likeness (QED) is 0.458. The fourth-order valence-corrected chi connectivity index (χ4v) is 3.27. The van der Waals surface area contributed by atoms with Crippen LogP contribution in [0.5, 0.6) is 0 Å². The zero-order valence-corrected chi connectivity index (χ0v) is 14.6. The van der Waals surface area contributed by atoms with Gasteiger partial charge in [-0.2, -0.15) is 0 Å². The van der Waals surface area contributed by atoms with Crippen molar-refractivity contribution < 1.29 is 14.4 Å². The zero-order valence-electron chi connectivity index (χ0n) is 13.1. The van der Waals surface area contributed by atoms with Crippen molar-refractivity contribution in [2.75, 3.05) is 4.90 Å². The lowest BCUT2D eigenvalue weighted by molar-refractivity contribution is -0.120. The molecule has 2 amide bonds. The molecule has 1 aromatic carbocycles. The SMILES string of the molecule is C/C(=C\c1cc(N2C(=O)C3=C(CCCC3)C2=O)ccc1Cl)C(=O)Cl. The van der Waals surface area contributed by atoms with E-state index in [4.69, 9.17) is 23.2 Å². The monoisotopic (exact) mass is 363 g/mol. The number of rotatable bonds is 3. The van der Waals surface area contributed by atoms with Crippen molar-refractivity contribution in [3.63, 3.8) is 0 Å². The van der Waals surface area contributed by atoms with Gasteiger partial charge in [-0.1, -0.05) is 11.6 Å². The van der Waals surface area contributed by atoms with Gasteiger partial charge < -0.3 is 0 Å². The third-order valence-electron chi connectivity index (χ3n) is 4.31. The largest absolute Gasteiger partial charge is 0.276 e. The van der Waals surface area contributed by atoms with Crippen LogP contribution in [0.3, 0.4) is 0 Å². The molecule has 0 atom stereocenters. The van der Waals surface area contributed by atoms with E-state index in [0.717, 1.165) is 12.8 Å². The predicted octanol–water partition coefficient (Wildman–Crippen LogP) is 4.25. The van der Waals surface area contributed by atoms with Gasteiger partial charge in [0.25, 0.3) is 11.8 Å². The van der Waals surface area contributed by atoms with Crippen LogP contribution < -0.4 is 4.90 Å². The molecule has 0 aromatic heterocycles. The van der Waals surface area contributed by atoms with Crippen LogP contribution in [0, 0.1) is 0 Å². The molecule has 2 aliphatic rings. The Morgan fingerprint density at radius 2 is 1.71 bits per heavy atom. The lowest BCUT2D eigenvalue weighted by Gasteiger charge is -2.16. The van der Waals surface area contributed by atoms with Crippen LogP contribution in [0.15, 0.2) is 34.9 Å². The molecule has 0 fully saturated rings. The first-order valence-electron chi connectivity index (χ1n) is 7.68. The number of imide groups is 1. The summed E-state index contributed by atoms with van der Waals surface area (Å²) in [5, 5.41) is -0.172. The Balaban J connectivity index is 2.00. The van der Waals surface area contributed by atoms with Crippen molar-refractivity contribution in [2.45, 2.75) is 32.6 Å². The summed E-state index contributed by atoms with van der Waals surface area (Å²) in [5.41, 5.74) is 2.57. The maximum Gasteiger partial charge on any atom is 0.261 e. The summed E-state index contributed by atoms with van der Waals surface area (Å²) in [6, 6.07) is 4.86. The molecule has 0 radical (unpaired) electrons. The van der Waals surface area contributed by atoms with Gasteiger partial charge in [-0.05, 0) is 74.0 Å². The lowest BCUT2D eigenvalue weighted by atomic mass is 9.93. The van der Waals surface area contributed by atoms with Crippen molar-refractivity contribution >= 4 is 52.0 Å². The number of amides is 2. The molecule has 0 spiro atoms. The number of carbonyl (C=O) groups excluding carboxylic acids is 3. The number of hydrogen-bond acceptors (Lipinski definition) is 3. The normalized spacial score (nSPS) is 18.3. The van der Waals surface area contributed by atoms with Gasteiger partial charge in [-0.3, -0.25) is 14.4 Å². The van der Waals surface area contributed by atoms with Gasteiger partial charge in [0, 0.05) is 21.7 Å². The summed E-state index contributed by atoms with van der Waals surface area (Å²) >= 11 is 11.6. The number of nitrogens with zero attached hydrogens (tertiary/aromatic N) is 1. The van der Waals surface area contributed by atoms with E-state index in [9.17, 15) is 14.4 Å². The topological polar surface area (TPSA) is 54.5 Å². The van der Waals surface area contributed by atoms with Crippen molar-refractivity contribution in [1.82, 2.24) is 0 Å². The predicted molar refractivity (Wildman–Crippen MR) is 94.0 cm³/mol. The van der Waals surface area contributed by atoms with E-state index in [-0.39, 0.29) is 11.8 Å². The van der Waals surface area contributed by atoms with E-state index >= 15 is 0 Å². The van der Waals surface area contributed by atoms with Crippen molar-refractivity contribution in [3.05, 3.63) is 45.5 Å². The van der Waals surface area contributed by atoms with Gasteiger partial charge in [0.1, 0.15) is 0 Å². The van der Waals surface area contributed by atoms with E-state index in [1.54, 1.807) is 31.2 Å². The first kappa shape index (κ1) is 16.9. The molecule has 1 aliphatic carbocycles. The number of hydrogen-bond donors (Lipinski definition) is 0. The fraction of sp³-hybridized carbons (Fsp3) is 0.278. The minimum Gasteiger partial charge on any atom is -0.276 e. The van der Waals surface area contributed by atoms with Crippen molar-refractivity contribution in [1.29, 1.82) is 0 Å². The molecule has 4 nitrogen and oxygen atoms in total. The Morgan fingerprint density at radius 3 is 2.25 bits per heavy atom. The Bertz CT molecular complexity index is 796. The molecule has 124 valence electrons. The van der Waals surface area contributed by atoms with E-state index in [1.807, 2.05) is 0 Å². The van der Waals surface area contributed by atoms with E-state index in [1.165, 1.54) is 4.90 Å². The van der Waals surface area contributed by atoms with Crippen LogP contribution in [0.25, 0.3) is 6.08 Å². The lowest BCUT2D eigenvalue weighted by Crippen LogP contribution is -2.31. The summed E-state index contributed by atoms with van der Waals surface area (Å²) < 4.78 is 0. The number of allylic oxidation sites excluding steroid dienone is 1. The van der Waals surface area contributed by atoms with Crippen LogP contribution in [0.4, 0.5) is 5.69 Å². The summed E-state index contributed by atoms with van der Waals surface area (Å²) in [7, 11) is 0. The molecule has 1 aliphatic heterocycles. The second kappa shape index (κ2) is 6.54. The number of anilines is 1. The minimum absolute atomic E-state index is 0.253.